The zero-order chi connectivity index (χ0) is 16.9. The third-order valence-corrected chi connectivity index (χ3v) is 4.19. The van der Waals surface area contributed by atoms with Gasteiger partial charge in [0.25, 0.3) is 5.91 Å². The number of aromatic nitrogens is 1. The van der Waals surface area contributed by atoms with Gasteiger partial charge >= 0.3 is 0 Å². The van der Waals surface area contributed by atoms with E-state index in [0.717, 1.165) is 24.3 Å². The first-order chi connectivity index (χ1) is 11.6. The number of carbonyl (C=O) groups is 2. The van der Waals surface area contributed by atoms with Crippen LogP contribution in [0, 0.1) is 0 Å². The highest BCUT2D eigenvalue weighted by Gasteiger charge is 2.23. The summed E-state index contributed by atoms with van der Waals surface area (Å²) < 4.78 is 5.10. The molecule has 1 aromatic heterocycles. The Balaban J connectivity index is 1.51. The molecule has 1 aliphatic carbocycles. The SMILES string of the molecule is COc1ccc(Nc2nc(C(=O)NCC(=O)NC3CC3)cs2)cc1. The first-order valence-corrected chi connectivity index (χ1v) is 8.46. The van der Waals surface area contributed by atoms with Gasteiger partial charge in [0.2, 0.25) is 5.91 Å². The number of nitrogens with one attached hydrogen (secondary N) is 3. The summed E-state index contributed by atoms with van der Waals surface area (Å²) in [7, 11) is 1.61. The summed E-state index contributed by atoms with van der Waals surface area (Å²) in [5.74, 6) is 0.238. The van der Waals surface area contributed by atoms with Crippen molar-refractivity contribution < 1.29 is 14.3 Å². The maximum Gasteiger partial charge on any atom is 0.271 e. The summed E-state index contributed by atoms with van der Waals surface area (Å²) in [6, 6.07) is 7.68. The van der Waals surface area contributed by atoms with Crippen LogP contribution in [-0.4, -0.2) is 36.5 Å². The van der Waals surface area contributed by atoms with Crippen molar-refractivity contribution in [2.45, 2.75) is 18.9 Å². The molecular formula is C16H18N4O3S. The third kappa shape index (κ3) is 4.45. The molecule has 0 spiro atoms. The zero-order valence-electron chi connectivity index (χ0n) is 13.2. The molecule has 1 saturated carbocycles. The van der Waals surface area contributed by atoms with Gasteiger partial charge in [-0.1, -0.05) is 0 Å². The molecule has 0 radical (unpaired) electrons. The summed E-state index contributed by atoms with van der Waals surface area (Å²) in [6.07, 6.45) is 2.04. The topological polar surface area (TPSA) is 92.3 Å². The van der Waals surface area contributed by atoms with Crippen molar-refractivity contribution in [3.63, 3.8) is 0 Å². The molecule has 2 aromatic rings. The van der Waals surface area contributed by atoms with Gasteiger partial charge < -0.3 is 20.7 Å². The van der Waals surface area contributed by atoms with E-state index in [1.54, 1.807) is 12.5 Å². The van der Waals surface area contributed by atoms with Crippen molar-refractivity contribution in [3.8, 4) is 5.75 Å². The number of rotatable bonds is 7. The van der Waals surface area contributed by atoms with E-state index in [2.05, 4.69) is 20.9 Å². The van der Waals surface area contributed by atoms with Crippen molar-refractivity contribution in [2.75, 3.05) is 19.0 Å². The van der Waals surface area contributed by atoms with E-state index in [1.807, 2.05) is 24.3 Å². The van der Waals surface area contributed by atoms with Crippen LogP contribution >= 0.6 is 11.3 Å². The highest BCUT2D eigenvalue weighted by Crippen LogP contribution is 2.23. The van der Waals surface area contributed by atoms with Gasteiger partial charge in [-0.25, -0.2) is 4.98 Å². The Morgan fingerprint density at radius 1 is 1.29 bits per heavy atom. The van der Waals surface area contributed by atoms with Crippen LogP contribution in [0.15, 0.2) is 29.6 Å². The average molecular weight is 346 g/mol. The molecule has 0 aliphatic heterocycles. The normalized spacial score (nSPS) is 13.2. The molecule has 8 heteroatoms. The van der Waals surface area contributed by atoms with Gasteiger partial charge in [-0.15, -0.1) is 11.3 Å². The number of methoxy groups -OCH3 is 1. The highest BCUT2D eigenvalue weighted by molar-refractivity contribution is 7.14. The first-order valence-electron chi connectivity index (χ1n) is 7.58. The molecule has 126 valence electrons. The van der Waals surface area contributed by atoms with Gasteiger partial charge in [-0.2, -0.15) is 0 Å². The van der Waals surface area contributed by atoms with Crippen molar-refractivity contribution in [2.24, 2.45) is 0 Å². The van der Waals surface area contributed by atoms with Gasteiger partial charge in [0.1, 0.15) is 11.4 Å². The molecule has 0 saturated heterocycles. The lowest BCUT2D eigenvalue weighted by atomic mass is 10.3. The van der Waals surface area contributed by atoms with Crippen LogP contribution < -0.4 is 20.7 Å². The van der Waals surface area contributed by atoms with Crippen molar-refractivity contribution in [1.82, 2.24) is 15.6 Å². The summed E-state index contributed by atoms with van der Waals surface area (Å²) in [5, 5.41) is 10.8. The van der Waals surface area contributed by atoms with Crippen LogP contribution in [0.5, 0.6) is 5.75 Å². The minimum Gasteiger partial charge on any atom is -0.497 e. The number of nitrogens with zero attached hydrogens (tertiary/aromatic N) is 1. The third-order valence-electron chi connectivity index (χ3n) is 3.43. The van der Waals surface area contributed by atoms with Gasteiger partial charge in [-0.3, -0.25) is 9.59 Å². The standard InChI is InChI=1S/C16H18N4O3S/c1-23-12-6-4-11(5-7-12)19-16-20-13(9-24-16)15(22)17-8-14(21)18-10-2-3-10/h4-7,9-10H,2-3,8H2,1H3,(H,17,22)(H,18,21)(H,19,20). The smallest absolute Gasteiger partial charge is 0.271 e. The number of anilines is 2. The minimum absolute atomic E-state index is 0.0336. The number of amides is 2. The van der Waals surface area contributed by atoms with Crippen LogP contribution in [0.25, 0.3) is 0 Å². The fourth-order valence-corrected chi connectivity index (χ4v) is 2.70. The largest absolute Gasteiger partial charge is 0.497 e. The van der Waals surface area contributed by atoms with Crippen LogP contribution in [-0.2, 0) is 4.79 Å². The molecule has 2 amide bonds. The second-order valence-corrected chi connectivity index (χ2v) is 6.27. The van der Waals surface area contributed by atoms with Crippen LogP contribution in [0.4, 0.5) is 10.8 Å². The van der Waals surface area contributed by atoms with Gasteiger partial charge in [0, 0.05) is 17.1 Å². The monoisotopic (exact) mass is 346 g/mol. The molecule has 1 aliphatic rings. The maximum atomic E-state index is 12.0. The number of thiazole rings is 1. The zero-order valence-corrected chi connectivity index (χ0v) is 14.0. The number of benzene rings is 1. The molecular weight excluding hydrogens is 328 g/mol. The second kappa shape index (κ2) is 7.31. The molecule has 3 rings (SSSR count). The van der Waals surface area contributed by atoms with E-state index in [1.165, 1.54) is 11.3 Å². The fourth-order valence-electron chi connectivity index (χ4n) is 1.99. The Kier molecular flexibility index (Phi) is 4.95. The Morgan fingerprint density at radius 3 is 2.71 bits per heavy atom. The molecule has 0 unspecified atom stereocenters. The van der Waals surface area contributed by atoms with E-state index in [-0.39, 0.29) is 30.1 Å². The number of carbonyl (C=O) groups excluding carboxylic acids is 2. The molecule has 1 aromatic carbocycles. The van der Waals surface area contributed by atoms with E-state index in [9.17, 15) is 9.59 Å². The molecule has 0 atom stereocenters. The summed E-state index contributed by atoms with van der Waals surface area (Å²) in [6.45, 7) is -0.0336. The highest BCUT2D eigenvalue weighted by atomic mass is 32.1. The predicted octanol–water partition coefficient (Wildman–Crippen LogP) is 1.90. The molecule has 0 bridgehead atoms. The molecule has 7 nitrogen and oxygen atoms in total. The van der Waals surface area contributed by atoms with Crippen molar-refractivity contribution in [3.05, 3.63) is 35.3 Å². The summed E-state index contributed by atoms with van der Waals surface area (Å²) >= 11 is 1.32. The second-order valence-electron chi connectivity index (χ2n) is 5.42. The van der Waals surface area contributed by atoms with Crippen molar-refractivity contribution >= 4 is 34.0 Å². The lowest BCUT2D eigenvalue weighted by Crippen LogP contribution is -2.37. The van der Waals surface area contributed by atoms with Crippen LogP contribution in [0.1, 0.15) is 23.3 Å². The van der Waals surface area contributed by atoms with Crippen LogP contribution in [0.3, 0.4) is 0 Å². The molecule has 1 fully saturated rings. The predicted molar refractivity (Wildman–Crippen MR) is 91.9 cm³/mol. The van der Waals surface area contributed by atoms with Gasteiger partial charge in [0.05, 0.1) is 13.7 Å². The maximum absolute atomic E-state index is 12.0. The van der Waals surface area contributed by atoms with Crippen molar-refractivity contribution in [1.29, 1.82) is 0 Å². The first kappa shape index (κ1) is 16.3. The lowest BCUT2D eigenvalue weighted by molar-refractivity contribution is -0.120. The van der Waals surface area contributed by atoms with E-state index >= 15 is 0 Å². The Labute approximate surface area is 143 Å². The van der Waals surface area contributed by atoms with Gasteiger partial charge in [0.15, 0.2) is 5.13 Å². The van der Waals surface area contributed by atoms with Crippen LogP contribution in [0.2, 0.25) is 0 Å². The lowest BCUT2D eigenvalue weighted by Gasteiger charge is -2.05. The minimum atomic E-state index is -0.361. The molecule has 24 heavy (non-hydrogen) atoms. The quantitative estimate of drug-likeness (QED) is 0.712. The number of hydrogen-bond acceptors (Lipinski definition) is 6. The Hall–Kier alpha value is -2.61. The summed E-state index contributed by atoms with van der Waals surface area (Å²) in [5.41, 5.74) is 1.14. The number of hydrogen-bond donors (Lipinski definition) is 3. The number of ether oxygens (including phenoxy) is 1. The average Bonchev–Trinajstić information content (AvgIpc) is 3.28. The van der Waals surface area contributed by atoms with E-state index in [0.29, 0.717) is 5.13 Å². The fraction of sp³-hybridized carbons (Fsp3) is 0.312. The molecule has 3 N–H and O–H groups in total. The van der Waals surface area contributed by atoms with E-state index in [4.69, 9.17) is 4.74 Å². The Morgan fingerprint density at radius 2 is 2.04 bits per heavy atom. The summed E-state index contributed by atoms with van der Waals surface area (Å²) in [4.78, 5) is 27.8. The van der Waals surface area contributed by atoms with E-state index < -0.39 is 0 Å². The molecule has 1 heterocycles. The van der Waals surface area contributed by atoms with Gasteiger partial charge in [-0.05, 0) is 37.1 Å². The Bertz CT molecular complexity index is 725.